The van der Waals surface area contributed by atoms with Gasteiger partial charge in [-0.3, -0.25) is 4.90 Å². The number of piperidine rings is 1. The molecule has 0 aromatic heterocycles. The van der Waals surface area contributed by atoms with Gasteiger partial charge >= 0.3 is 0 Å². The Hall–Kier alpha value is -1.14. The van der Waals surface area contributed by atoms with Crippen LogP contribution >= 0.6 is 0 Å². The maximum absolute atomic E-state index is 9.79. The van der Waals surface area contributed by atoms with Crippen molar-refractivity contribution in [2.24, 2.45) is 5.92 Å². The molecule has 0 unspecified atom stereocenters. The maximum atomic E-state index is 9.79. The van der Waals surface area contributed by atoms with Crippen LogP contribution in [0.3, 0.4) is 0 Å². The van der Waals surface area contributed by atoms with Crippen molar-refractivity contribution in [2.45, 2.75) is 83.6 Å². The standard InChI is InChI=1S/C26H42N2O3/c1-2-30-26-10-9-22(16-23(26)20-29)18-27(19-25-8-5-15-31-25)17-21-11-13-28(14-12-21)24-6-3-4-7-24/h9-10,16,21,24-25,29H,2-8,11-15,17-20H2,1H3/t25-/m1/s1. The lowest BCUT2D eigenvalue weighted by Crippen LogP contribution is -2.43. The number of likely N-dealkylation sites (tertiary alicyclic amines) is 1. The first kappa shape index (κ1) is 23.0. The van der Waals surface area contributed by atoms with Crippen LogP contribution in [0.1, 0.15) is 69.4 Å². The third-order valence-corrected chi connectivity index (χ3v) is 7.49. The second-order valence-corrected chi connectivity index (χ2v) is 9.78. The predicted molar refractivity (Wildman–Crippen MR) is 124 cm³/mol. The van der Waals surface area contributed by atoms with Crippen molar-refractivity contribution >= 4 is 0 Å². The van der Waals surface area contributed by atoms with E-state index in [4.69, 9.17) is 9.47 Å². The molecule has 2 saturated heterocycles. The number of benzene rings is 1. The largest absolute Gasteiger partial charge is 0.494 e. The average Bonchev–Trinajstić information content (AvgIpc) is 3.50. The van der Waals surface area contributed by atoms with Crippen LogP contribution in [0.2, 0.25) is 0 Å². The summed E-state index contributed by atoms with van der Waals surface area (Å²) in [5.41, 5.74) is 2.15. The fraction of sp³-hybridized carbons (Fsp3) is 0.769. The molecular formula is C26H42N2O3. The fourth-order valence-electron chi connectivity index (χ4n) is 5.82. The van der Waals surface area contributed by atoms with Gasteiger partial charge in [-0.25, -0.2) is 0 Å². The van der Waals surface area contributed by atoms with Crippen molar-refractivity contribution < 1.29 is 14.6 Å². The third-order valence-electron chi connectivity index (χ3n) is 7.49. The number of aliphatic hydroxyl groups is 1. The van der Waals surface area contributed by atoms with E-state index in [2.05, 4.69) is 21.9 Å². The van der Waals surface area contributed by atoms with Crippen molar-refractivity contribution in [2.75, 3.05) is 39.4 Å². The lowest BCUT2D eigenvalue weighted by molar-refractivity contribution is 0.0539. The molecule has 5 heteroatoms. The Bertz CT molecular complexity index is 663. The van der Waals surface area contributed by atoms with Gasteiger partial charge in [0.1, 0.15) is 5.75 Å². The number of hydrogen-bond donors (Lipinski definition) is 1. The first-order valence-electron chi connectivity index (χ1n) is 12.7. The number of hydrogen-bond acceptors (Lipinski definition) is 5. The van der Waals surface area contributed by atoms with Gasteiger partial charge in [-0.15, -0.1) is 0 Å². The minimum Gasteiger partial charge on any atom is -0.494 e. The normalized spacial score (nSPS) is 23.8. The molecule has 1 saturated carbocycles. The molecule has 1 aromatic rings. The van der Waals surface area contributed by atoms with Crippen molar-refractivity contribution in [3.63, 3.8) is 0 Å². The van der Waals surface area contributed by atoms with E-state index in [0.717, 1.165) is 49.5 Å². The van der Waals surface area contributed by atoms with Crippen LogP contribution in [0.15, 0.2) is 18.2 Å². The summed E-state index contributed by atoms with van der Waals surface area (Å²) in [6, 6.07) is 7.17. The second-order valence-electron chi connectivity index (χ2n) is 9.78. The summed E-state index contributed by atoms with van der Waals surface area (Å²) in [5, 5.41) is 9.79. The Morgan fingerprint density at radius 1 is 1.06 bits per heavy atom. The molecule has 2 heterocycles. The first-order chi connectivity index (χ1) is 15.2. The number of ether oxygens (including phenoxy) is 2. The van der Waals surface area contributed by atoms with E-state index in [1.807, 2.05) is 13.0 Å². The van der Waals surface area contributed by atoms with Gasteiger partial charge < -0.3 is 19.5 Å². The van der Waals surface area contributed by atoms with Gasteiger partial charge in [0.15, 0.2) is 0 Å². The summed E-state index contributed by atoms with van der Waals surface area (Å²) >= 11 is 0. The summed E-state index contributed by atoms with van der Waals surface area (Å²) in [6.45, 7) is 9.19. The van der Waals surface area contributed by atoms with E-state index in [1.54, 1.807) is 0 Å². The van der Waals surface area contributed by atoms with Crippen molar-refractivity contribution in [1.29, 1.82) is 0 Å². The highest BCUT2D eigenvalue weighted by Gasteiger charge is 2.29. The topological polar surface area (TPSA) is 45.2 Å². The summed E-state index contributed by atoms with van der Waals surface area (Å²) in [4.78, 5) is 5.39. The van der Waals surface area contributed by atoms with E-state index >= 15 is 0 Å². The minimum atomic E-state index is 0.0224. The molecule has 31 heavy (non-hydrogen) atoms. The Morgan fingerprint density at radius 2 is 1.87 bits per heavy atom. The predicted octanol–water partition coefficient (Wildman–Crippen LogP) is 4.21. The van der Waals surface area contributed by atoms with Crippen LogP contribution in [-0.2, 0) is 17.9 Å². The quantitative estimate of drug-likeness (QED) is 0.602. The van der Waals surface area contributed by atoms with E-state index in [0.29, 0.717) is 12.7 Å². The SMILES string of the molecule is CCOc1ccc(CN(CC2CCN(C3CCCC3)CC2)C[C@H]2CCCO2)cc1CO. The van der Waals surface area contributed by atoms with E-state index in [9.17, 15) is 5.11 Å². The number of aliphatic hydroxyl groups excluding tert-OH is 1. The highest BCUT2D eigenvalue weighted by molar-refractivity contribution is 5.37. The highest BCUT2D eigenvalue weighted by Crippen LogP contribution is 2.29. The Labute approximate surface area is 188 Å². The monoisotopic (exact) mass is 430 g/mol. The Kier molecular flexibility index (Phi) is 8.65. The molecule has 0 spiro atoms. The van der Waals surface area contributed by atoms with Crippen LogP contribution in [0.4, 0.5) is 0 Å². The molecule has 0 radical (unpaired) electrons. The zero-order valence-electron chi connectivity index (χ0n) is 19.4. The molecule has 1 N–H and O–H groups in total. The Morgan fingerprint density at radius 3 is 2.55 bits per heavy atom. The molecule has 0 amide bonds. The zero-order chi connectivity index (χ0) is 21.5. The molecule has 2 aliphatic heterocycles. The van der Waals surface area contributed by atoms with Gasteiger partial charge in [0.2, 0.25) is 0 Å². The molecule has 1 aliphatic carbocycles. The molecule has 174 valence electrons. The van der Waals surface area contributed by atoms with E-state index < -0.39 is 0 Å². The van der Waals surface area contributed by atoms with Gasteiger partial charge in [0, 0.05) is 37.8 Å². The lowest BCUT2D eigenvalue weighted by Gasteiger charge is -2.38. The van der Waals surface area contributed by atoms with Crippen LogP contribution in [-0.4, -0.2) is 66.4 Å². The molecule has 5 nitrogen and oxygen atoms in total. The van der Waals surface area contributed by atoms with E-state index in [-0.39, 0.29) is 6.61 Å². The van der Waals surface area contributed by atoms with Crippen LogP contribution in [0.5, 0.6) is 5.75 Å². The Balaban J connectivity index is 1.36. The van der Waals surface area contributed by atoms with Crippen molar-refractivity contribution in [1.82, 2.24) is 9.80 Å². The smallest absolute Gasteiger partial charge is 0.124 e. The van der Waals surface area contributed by atoms with E-state index in [1.165, 1.54) is 70.0 Å². The first-order valence-corrected chi connectivity index (χ1v) is 12.7. The maximum Gasteiger partial charge on any atom is 0.124 e. The van der Waals surface area contributed by atoms with Gasteiger partial charge in [-0.05, 0) is 82.2 Å². The summed E-state index contributed by atoms with van der Waals surface area (Å²) < 4.78 is 11.7. The highest BCUT2D eigenvalue weighted by atomic mass is 16.5. The number of nitrogens with zero attached hydrogens (tertiary/aromatic N) is 2. The van der Waals surface area contributed by atoms with Gasteiger partial charge in [0.25, 0.3) is 0 Å². The summed E-state index contributed by atoms with van der Waals surface area (Å²) in [6.07, 6.45) is 11.1. The summed E-state index contributed by atoms with van der Waals surface area (Å²) in [7, 11) is 0. The van der Waals surface area contributed by atoms with Crippen LogP contribution in [0, 0.1) is 5.92 Å². The summed E-state index contributed by atoms with van der Waals surface area (Å²) in [5.74, 6) is 1.58. The van der Waals surface area contributed by atoms with Gasteiger partial charge in [-0.2, -0.15) is 0 Å². The average molecular weight is 431 g/mol. The molecule has 1 atom stereocenters. The molecule has 3 fully saturated rings. The van der Waals surface area contributed by atoms with Crippen molar-refractivity contribution in [3.05, 3.63) is 29.3 Å². The van der Waals surface area contributed by atoms with Gasteiger partial charge in [-0.1, -0.05) is 18.9 Å². The molecular weight excluding hydrogens is 388 g/mol. The molecule has 4 rings (SSSR count). The van der Waals surface area contributed by atoms with Crippen LogP contribution in [0.25, 0.3) is 0 Å². The molecule has 3 aliphatic rings. The van der Waals surface area contributed by atoms with Gasteiger partial charge in [0.05, 0.1) is 19.3 Å². The second kappa shape index (κ2) is 11.6. The fourth-order valence-corrected chi connectivity index (χ4v) is 5.82. The molecule has 0 bridgehead atoms. The lowest BCUT2D eigenvalue weighted by atomic mass is 9.94. The third kappa shape index (κ3) is 6.44. The van der Waals surface area contributed by atoms with Crippen molar-refractivity contribution in [3.8, 4) is 5.75 Å². The molecule has 1 aromatic carbocycles. The minimum absolute atomic E-state index is 0.0224. The van der Waals surface area contributed by atoms with Crippen LogP contribution < -0.4 is 4.74 Å². The number of rotatable bonds is 10. The zero-order valence-corrected chi connectivity index (χ0v) is 19.4.